The first-order chi connectivity index (χ1) is 12.7. The van der Waals surface area contributed by atoms with Gasteiger partial charge in [0, 0.05) is 50.2 Å². The maximum Gasteiger partial charge on any atom is 0.225 e. The molecule has 26 heavy (non-hydrogen) atoms. The Hall–Kier alpha value is -1.60. The summed E-state index contributed by atoms with van der Waals surface area (Å²) in [4.78, 5) is 21.3. The van der Waals surface area contributed by atoms with Gasteiger partial charge in [-0.1, -0.05) is 28.1 Å². The predicted octanol–water partition coefficient (Wildman–Crippen LogP) is 2.10. The monoisotopic (exact) mass is 422 g/mol. The zero-order chi connectivity index (χ0) is 18.4. The largest absolute Gasteiger partial charge is 0.378 e. The molecule has 7 heteroatoms. The SMILES string of the molecule is CN=C(NCc1ccc(Br)cc1)N1CCC(C(=O)N2CCOCC2)CC1. The van der Waals surface area contributed by atoms with Crippen molar-refractivity contribution < 1.29 is 9.53 Å². The minimum Gasteiger partial charge on any atom is -0.378 e. The Morgan fingerprint density at radius 3 is 2.42 bits per heavy atom. The lowest BCUT2D eigenvalue weighted by Crippen LogP contribution is -2.49. The van der Waals surface area contributed by atoms with Crippen molar-refractivity contribution in [2.75, 3.05) is 46.4 Å². The number of benzene rings is 1. The molecule has 2 heterocycles. The standard InChI is InChI=1S/C19H27BrN4O2/c1-21-19(22-14-15-2-4-17(20)5-3-15)24-8-6-16(7-9-24)18(25)23-10-12-26-13-11-23/h2-5,16H,6-14H2,1H3,(H,21,22). The van der Waals surface area contributed by atoms with Gasteiger partial charge in [0.15, 0.2) is 5.96 Å². The van der Waals surface area contributed by atoms with E-state index in [4.69, 9.17) is 4.74 Å². The Kier molecular flexibility index (Phi) is 6.91. The molecule has 0 aromatic heterocycles. The van der Waals surface area contributed by atoms with Crippen molar-refractivity contribution in [2.24, 2.45) is 10.9 Å². The van der Waals surface area contributed by atoms with E-state index >= 15 is 0 Å². The Balaban J connectivity index is 1.47. The second-order valence-corrected chi connectivity index (χ2v) is 7.64. The number of halogens is 1. The van der Waals surface area contributed by atoms with Gasteiger partial charge >= 0.3 is 0 Å². The van der Waals surface area contributed by atoms with Gasteiger partial charge in [0.2, 0.25) is 5.91 Å². The van der Waals surface area contributed by atoms with Crippen LogP contribution in [0.3, 0.4) is 0 Å². The zero-order valence-corrected chi connectivity index (χ0v) is 16.9. The molecule has 1 aromatic carbocycles. The minimum atomic E-state index is 0.133. The van der Waals surface area contributed by atoms with Gasteiger partial charge < -0.3 is 19.9 Å². The van der Waals surface area contributed by atoms with E-state index in [2.05, 4.69) is 43.3 Å². The summed E-state index contributed by atoms with van der Waals surface area (Å²) >= 11 is 3.46. The predicted molar refractivity (Wildman–Crippen MR) is 106 cm³/mol. The van der Waals surface area contributed by atoms with Gasteiger partial charge in [-0.3, -0.25) is 9.79 Å². The summed E-state index contributed by atoms with van der Waals surface area (Å²) in [5, 5.41) is 3.43. The molecular weight excluding hydrogens is 396 g/mol. The second kappa shape index (κ2) is 9.37. The van der Waals surface area contributed by atoms with Crippen molar-refractivity contribution in [2.45, 2.75) is 19.4 Å². The number of nitrogens with one attached hydrogen (secondary N) is 1. The van der Waals surface area contributed by atoms with Gasteiger partial charge in [-0.15, -0.1) is 0 Å². The molecule has 1 aromatic rings. The van der Waals surface area contributed by atoms with E-state index in [1.165, 1.54) is 5.56 Å². The number of hydrogen-bond donors (Lipinski definition) is 1. The molecule has 2 aliphatic heterocycles. The van der Waals surface area contributed by atoms with E-state index in [0.717, 1.165) is 56.0 Å². The van der Waals surface area contributed by atoms with Crippen LogP contribution in [-0.2, 0) is 16.1 Å². The van der Waals surface area contributed by atoms with E-state index in [1.807, 2.05) is 24.1 Å². The molecule has 0 unspecified atom stereocenters. The van der Waals surface area contributed by atoms with Crippen LogP contribution in [0.4, 0.5) is 0 Å². The van der Waals surface area contributed by atoms with Crippen LogP contribution >= 0.6 is 15.9 Å². The van der Waals surface area contributed by atoms with Gasteiger partial charge in [0.05, 0.1) is 13.2 Å². The highest BCUT2D eigenvalue weighted by atomic mass is 79.9. The number of amides is 1. The number of aliphatic imine (C=N–C) groups is 1. The van der Waals surface area contributed by atoms with E-state index in [9.17, 15) is 4.79 Å². The summed E-state index contributed by atoms with van der Waals surface area (Å²) in [5.41, 5.74) is 1.21. The van der Waals surface area contributed by atoms with Gasteiger partial charge in [-0.25, -0.2) is 0 Å². The molecule has 142 valence electrons. The highest BCUT2D eigenvalue weighted by Gasteiger charge is 2.30. The molecule has 0 bridgehead atoms. The summed E-state index contributed by atoms with van der Waals surface area (Å²) in [5.74, 6) is 1.34. The number of ether oxygens (including phenoxy) is 1. The summed E-state index contributed by atoms with van der Waals surface area (Å²) in [6.45, 7) is 5.26. The molecule has 2 fully saturated rings. The van der Waals surface area contributed by atoms with Crippen LogP contribution in [0.25, 0.3) is 0 Å². The van der Waals surface area contributed by atoms with Crippen molar-refractivity contribution in [1.29, 1.82) is 0 Å². The minimum absolute atomic E-state index is 0.133. The van der Waals surface area contributed by atoms with Crippen molar-refractivity contribution in [3.05, 3.63) is 34.3 Å². The van der Waals surface area contributed by atoms with Crippen molar-refractivity contribution in [1.82, 2.24) is 15.1 Å². The fraction of sp³-hybridized carbons (Fsp3) is 0.579. The maximum absolute atomic E-state index is 12.6. The number of hydrogen-bond acceptors (Lipinski definition) is 3. The van der Waals surface area contributed by atoms with Crippen LogP contribution in [0.15, 0.2) is 33.7 Å². The van der Waals surface area contributed by atoms with Gasteiger partial charge in [0.25, 0.3) is 0 Å². The first-order valence-corrected chi connectivity index (χ1v) is 10.0. The molecule has 1 amide bonds. The van der Waals surface area contributed by atoms with Crippen molar-refractivity contribution in [3.8, 4) is 0 Å². The van der Waals surface area contributed by atoms with Crippen molar-refractivity contribution in [3.63, 3.8) is 0 Å². The maximum atomic E-state index is 12.6. The van der Waals surface area contributed by atoms with E-state index in [-0.39, 0.29) is 5.92 Å². The molecule has 3 rings (SSSR count). The fourth-order valence-electron chi connectivity index (χ4n) is 3.50. The van der Waals surface area contributed by atoms with Crippen LogP contribution in [-0.4, -0.2) is 68.1 Å². The number of nitrogens with zero attached hydrogens (tertiary/aromatic N) is 3. The second-order valence-electron chi connectivity index (χ2n) is 6.73. The Morgan fingerprint density at radius 1 is 1.15 bits per heavy atom. The third-order valence-electron chi connectivity index (χ3n) is 5.04. The molecule has 0 radical (unpaired) electrons. The molecule has 6 nitrogen and oxygen atoms in total. The number of rotatable bonds is 3. The van der Waals surface area contributed by atoms with Gasteiger partial charge in [-0.05, 0) is 30.5 Å². The number of likely N-dealkylation sites (tertiary alicyclic amines) is 1. The van der Waals surface area contributed by atoms with Crippen LogP contribution in [0.2, 0.25) is 0 Å². The Labute approximate surface area is 163 Å². The number of carbonyl (C=O) groups excluding carboxylic acids is 1. The third kappa shape index (κ3) is 4.98. The summed E-state index contributed by atoms with van der Waals surface area (Å²) in [6, 6.07) is 8.28. The van der Waals surface area contributed by atoms with E-state index in [1.54, 1.807) is 0 Å². The molecule has 2 aliphatic rings. The smallest absolute Gasteiger partial charge is 0.225 e. The average molecular weight is 423 g/mol. The normalized spacial score (nSPS) is 19.5. The summed E-state index contributed by atoms with van der Waals surface area (Å²) in [6.07, 6.45) is 1.77. The van der Waals surface area contributed by atoms with E-state index in [0.29, 0.717) is 19.1 Å². The number of piperidine rings is 1. The fourth-order valence-corrected chi connectivity index (χ4v) is 3.76. The Bertz CT molecular complexity index is 621. The lowest BCUT2D eigenvalue weighted by Gasteiger charge is -2.36. The van der Waals surface area contributed by atoms with Gasteiger partial charge in [-0.2, -0.15) is 0 Å². The molecule has 0 spiro atoms. The highest BCUT2D eigenvalue weighted by Crippen LogP contribution is 2.20. The average Bonchev–Trinajstić information content (AvgIpc) is 2.70. The third-order valence-corrected chi connectivity index (χ3v) is 5.57. The lowest BCUT2D eigenvalue weighted by molar-refractivity contribution is -0.140. The number of guanidine groups is 1. The van der Waals surface area contributed by atoms with Gasteiger partial charge in [0.1, 0.15) is 0 Å². The number of carbonyl (C=O) groups is 1. The first-order valence-electron chi connectivity index (χ1n) is 9.24. The first kappa shape index (κ1) is 19.2. The Morgan fingerprint density at radius 2 is 1.81 bits per heavy atom. The van der Waals surface area contributed by atoms with Crippen LogP contribution in [0.5, 0.6) is 0 Å². The number of morpholine rings is 1. The summed E-state index contributed by atoms with van der Waals surface area (Å²) < 4.78 is 6.42. The van der Waals surface area contributed by atoms with Crippen LogP contribution in [0.1, 0.15) is 18.4 Å². The van der Waals surface area contributed by atoms with Crippen molar-refractivity contribution >= 4 is 27.8 Å². The van der Waals surface area contributed by atoms with Crippen LogP contribution in [0, 0.1) is 5.92 Å². The molecule has 0 aliphatic carbocycles. The quantitative estimate of drug-likeness (QED) is 0.598. The molecule has 2 saturated heterocycles. The molecule has 1 N–H and O–H groups in total. The lowest BCUT2D eigenvalue weighted by atomic mass is 9.95. The molecule has 0 saturated carbocycles. The zero-order valence-electron chi connectivity index (χ0n) is 15.3. The summed E-state index contributed by atoms with van der Waals surface area (Å²) in [7, 11) is 1.81. The topological polar surface area (TPSA) is 57.2 Å². The molecular formula is C19H27BrN4O2. The van der Waals surface area contributed by atoms with E-state index < -0.39 is 0 Å². The molecule has 0 atom stereocenters. The highest BCUT2D eigenvalue weighted by molar-refractivity contribution is 9.10. The van der Waals surface area contributed by atoms with Crippen LogP contribution < -0.4 is 5.32 Å².